The highest BCUT2D eigenvalue weighted by Crippen LogP contribution is 2.23. The number of nitrogens with zero attached hydrogens (tertiary/aromatic N) is 1. The van der Waals surface area contributed by atoms with E-state index in [1.807, 2.05) is 29.2 Å². The largest absolute Gasteiger partial charge is 0.352 e. The highest BCUT2D eigenvalue weighted by atomic mass is 32.2. The molecule has 2 N–H and O–H groups in total. The number of carbonyl (C=O) groups excluding carboxylic acids is 2. The predicted molar refractivity (Wildman–Crippen MR) is 128 cm³/mol. The molecule has 1 fully saturated rings. The summed E-state index contributed by atoms with van der Waals surface area (Å²) in [7, 11) is -3.68. The van der Waals surface area contributed by atoms with Crippen LogP contribution in [0.4, 0.5) is 0 Å². The Morgan fingerprint density at radius 3 is 2.30 bits per heavy atom. The summed E-state index contributed by atoms with van der Waals surface area (Å²) >= 11 is 0. The van der Waals surface area contributed by atoms with Gasteiger partial charge in [-0.3, -0.25) is 9.59 Å². The molecule has 1 aliphatic rings. The molecule has 3 rings (SSSR count). The van der Waals surface area contributed by atoms with Gasteiger partial charge in [0.05, 0.1) is 4.90 Å². The van der Waals surface area contributed by atoms with E-state index in [-0.39, 0.29) is 41.6 Å². The molecule has 0 atom stereocenters. The molecule has 0 spiro atoms. The minimum atomic E-state index is -3.68. The molecule has 33 heavy (non-hydrogen) atoms. The fourth-order valence-corrected chi connectivity index (χ4v) is 4.75. The maximum Gasteiger partial charge on any atom is 0.253 e. The number of likely N-dealkylation sites (tertiary alicyclic amines) is 1. The van der Waals surface area contributed by atoms with Crippen LogP contribution in [0, 0.1) is 0 Å². The average molecular weight is 472 g/mol. The first kappa shape index (κ1) is 24.9. The van der Waals surface area contributed by atoms with Crippen LogP contribution in [0.3, 0.4) is 0 Å². The Kier molecular flexibility index (Phi) is 7.92. The van der Waals surface area contributed by atoms with Gasteiger partial charge in [-0.15, -0.1) is 0 Å². The first-order valence-corrected chi connectivity index (χ1v) is 12.8. The average Bonchev–Trinajstić information content (AvgIpc) is 3.32. The number of rotatable bonds is 8. The van der Waals surface area contributed by atoms with Crippen LogP contribution in [0.25, 0.3) is 0 Å². The zero-order valence-electron chi connectivity index (χ0n) is 19.6. The van der Waals surface area contributed by atoms with Crippen molar-refractivity contribution in [3.8, 4) is 0 Å². The fourth-order valence-electron chi connectivity index (χ4n) is 3.72. The van der Waals surface area contributed by atoms with Crippen LogP contribution >= 0.6 is 0 Å². The van der Waals surface area contributed by atoms with E-state index >= 15 is 0 Å². The van der Waals surface area contributed by atoms with Crippen molar-refractivity contribution in [2.24, 2.45) is 0 Å². The van der Waals surface area contributed by atoms with Gasteiger partial charge in [-0.2, -0.15) is 0 Å². The third kappa shape index (κ3) is 6.88. The molecule has 0 unspecified atom stereocenters. The lowest BCUT2D eigenvalue weighted by Gasteiger charge is -2.19. The number of sulfonamides is 1. The SMILES string of the molecule is CC(C)(C)c1ccc(S(=O)(=O)NCCC(=O)NCc2cccc(C(=O)N3CCCC3)c2)cc1. The first-order chi connectivity index (χ1) is 15.6. The van der Waals surface area contributed by atoms with E-state index in [4.69, 9.17) is 0 Å². The van der Waals surface area contributed by atoms with Crippen LogP contribution in [-0.2, 0) is 26.8 Å². The van der Waals surface area contributed by atoms with Crippen LogP contribution in [0.5, 0.6) is 0 Å². The van der Waals surface area contributed by atoms with Gasteiger partial charge in [0.25, 0.3) is 5.91 Å². The molecule has 0 bridgehead atoms. The Labute approximate surface area is 196 Å². The van der Waals surface area contributed by atoms with Gasteiger partial charge in [0.2, 0.25) is 15.9 Å². The lowest BCUT2D eigenvalue weighted by atomic mass is 9.87. The normalized spacial score (nSPS) is 14.3. The van der Waals surface area contributed by atoms with Gasteiger partial charge in [-0.05, 0) is 53.6 Å². The maximum atomic E-state index is 12.5. The molecule has 7 nitrogen and oxygen atoms in total. The molecule has 2 aromatic rings. The molecule has 1 heterocycles. The smallest absolute Gasteiger partial charge is 0.253 e. The summed E-state index contributed by atoms with van der Waals surface area (Å²) in [5.41, 5.74) is 2.43. The number of hydrogen-bond donors (Lipinski definition) is 2. The zero-order valence-corrected chi connectivity index (χ0v) is 20.4. The second-order valence-electron chi connectivity index (χ2n) is 9.40. The van der Waals surface area contributed by atoms with Gasteiger partial charge in [0, 0.05) is 38.2 Å². The number of hydrogen-bond acceptors (Lipinski definition) is 4. The van der Waals surface area contributed by atoms with Crippen molar-refractivity contribution in [1.82, 2.24) is 14.9 Å². The molecule has 0 saturated carbocycles. The molecule has 0 aromatic heterocycles. The molecule has 1 aliphatic heterocycles. The molecule has 8 heteroatoms. The molecule has 2 amide bonds. The third-order valence-corrected chi connectivity index (χ3v) is 7.21. The van der Waals surface area contributed by atoms with E-state index in [0.717, 1.165) is 37.1 Å². The molecule has 178 valence electrons. The van der Waals surface area contributed by atoms with Crippen molar-refractivity contribution in [3.05, 3.63) is 65.2 Å². The minimum absolute atomic E-state index is 0.00265. The van der Waals surface area contributed by atoms with E-state index < -0.39 is 10.0 Å². The highest BCUT2D eigenvalue weighted by molar-refractivity contribution is 7.89. The van der Waals surface area contributed by atoms with Crippen LogP contribution < -0.4 is 10.0 Å². The minimum Gasteiger partial charge on any atom is -0.352 e. The Morgan fingerprint density at radius 2 is 1.67 bits per heavy atom. The Bertz CT molecular complexity index is 1080. The summed E-state index contributed by atoms with van der Waals surface area (Å²) in [6.07, 6.45) is 2.09. The first-order valence-electron chi connectivity index (χ1n) is 11.3. The third-order valence-electron chi connectivity index (χ3n) is 5.73. The molecule has 1 saturated heterocycles. The Morgan fingerprint density at radius 1 is 1.00 bits per heavy atom. The van der Waals surface area contributed by atoms with Gasteiger partial charge in [0.15, 0.2) is 0 Å². The van der Waals surface area contributed by atoms with Crippen molar-refractivity contribution in [3.63, 3.8) is 0 Å². The summed E-state index contributed by atoms with van der Waals surface area (Å²) in [4.78, 5) is 26.8. The molecule has 0 aliphatic carbocycles. The summed E-state index contributed by atoms with van der Waals surface area (Å²) in [6.45, 7) is 8.05. The van der Waals surface area contributed by atoms with Crippen LogP contribution in [0.15, 0.2) is 53.4 Å². The summed E-state index contributed by atoms with van der Waals surface area (Å²) in [5, 5.41) is 2.79. The molecule has 0 radical (unpaired) electrons. The molecular weight excluding hydrogens is 438 g/mol. The number of nitrogens with one attached hydrogen (secondary N) is 2. The Hall–Kier alpha value is -2.71. The van der Waals surface area contributed by atoms with Crippen LogP contribution in [-0.4, -0.2) is 44.8 Å². The summed E-state index contributed by atoms with van der Waals surface area (Å²) in [5.74, 6) is -0.248. The maximum absolute atomic E-state index is 12.5. The molecule has 2 aromatic carbocycles. The van der Waals surface area contributed by atoms with Crippen molar-refractivity contribution < 1.29 is 18.0 Å². The summed E-state index contributed by atoms with van der Waals surface area (Å²) < 4.78 is 27.5. The predicted octanol–water partition coefficient (Wildman–Crippen LogP) is 3.20. The van der Waals surface area contributed by atoms with Crippen LogP contribution in [0.1, 0.15) is 61.5 Å². The highest BCUT2D eigenvalue weighted by Gasteiger charge is 2.20. The summed E-state index contributed by atoms with van der Waals surface area (Å²) in [6, 6.07) is 14.0. The second-order valence-corrected chi connectivity index (χ2v) is 11.2. The quantitative estimate of drug-likeness (QED) is 0.618. The van der Waals surface area contributed by atoms with Gasteiger partial charge in [-0.1, -0.05) is 45.0 Å². The van der Waals surface area contributed by atoms with Crippen molar-refractivity contribution in [1.29, 1.82) is 0 Å². The van der Waals surface area contributed by atoms with E-state index in [1.165, 1.54) is 0 Å². The van der Waals surface area contributed by atoms with Crippen molar-refractivity contribution in [2.75, 3.05) is 19.6 Å². The van der Waals surface area contributed by atoms with Gasteiger partial charge in [0.1, 0.15) is 0 Å². The Balaban J connectivity index is 1.47. The fraction of sp³-hybridized carbons (Fsp3) is 0.440. The van der Waals surface area contributed by atoms with Gasteiger partial charge < -0.3 is 10.2 Å². The molecular formula is C25H33N3O4S. The monoisotopic (exact) mass is 471 g/mol. The van der Waals surface area contributed by atoms with Crippen molar-refractivity contribution >= 4 is 21.8 Å². The number of amides is 2. The van der Waals surface area contributed by atoms with Crippen LogP contribution in [0.2, 0.25) is 0 Å². The van der Waals surface area contributed by atoms with E-state index in [0.29, 0.717) is 5.56 Å². The zero-order chi connectivity index (χ0) is 24.1. The van der Waals surface area contributed by atoms with E-state index in [9.17, 15) is 18.0 Å². The number of benzene rings is 2. The lowest BCUT2D eigenvalue weighted by molar-refractivity contribution is -0.121. The van der Waals surface area contributed by atoms with Gasteiger partial charge >= 0.3 is 0 Å². The topological polar surface area (TPSA) is 95.6 Å². The standard InChI is InChI=1S/C25H33N3O4S/c1-25(2,3)21-9-11-22(12-10-21)33(31,32)27-14-13-23(29)26-18-19-7-6-8-20(17-19)24(30)28-15-4-5-16-28/h6-12,17,27H,4-5,13-16,18H2,1-3H3,(H,26,29). The van der Waals surface area contributed by atoms with Crippen molar-refractivity contribution in [2.45, 2.75) is 56.9 Å². The van der Waals surface area contributed by atoms with Gasteiger partial charge in [-0.25, -0.2) is 13.1 Å². The van der Waals surface area contributed by atoms with E-state index in [2.05, 4.69) is 30.8 Å². The van der Waals surface area contributed by atoms with E-state index in [1.54, 1.807) is 24.3 Å². The number of carbonyl (C=O) groups is 2. The lowest BCUT2D eigenvalue weighted by Crippen LogP contribution is -2.31. The second kappa shape index (κ2) is 10.5.